The highest BCUT2D eigenvalue weighted by molar-refractivity contribution is 9.09. The molecule has 0 spiro atoms. The Bertz CT molecular complexity index is 646. The van der Waals surface area contributed by atoms with Crippen LogP contribution in [0.4, 0.5) is 0 Å². The average molecular weight is 311 g/mol. The highest BCUT2D eigenvalue weighted by Gasteiger charge is 2.24. The Morgan fingerprint density at radius 3 is 2.22 bits per heavy atom. The first-order valence-electron chi connectivity index (χ1n) is 6.03. The van der Waals surface area contributed by atoms with E-state index in [9.17, 15) is 4.79 Å². The van der Waals surface area contributed by atoms with Crippen LogP contribution in [0.3, 0.4) is 0 Å². The summed E-state index contributed by atoms with van der Waals surface area (Å²) in [4.78, 5) is 12.1. The summed E-state index contributed by atoms with van der Waals surface area (Å²) >= 11 is 3.75. The molecule has 0 radical (unpaired) electrons. The fraction of sp³-hybridized carbons (Fsp3) is 0.500. The third kappa shape index (κ3) is 2.03. The molecular formula is C14H19BrN2O. The zero-order chi connectivity index (χ0) is 13.7. The number of halogens is 1. The maximum absolute atomic E-state index is 11.9. The minimum Gasteiger partial charge on any atom is -0.295 e. The Kier molecular flexibility index (Phi) is 3.18. The van der Waals surface area contributed by atoms with Gasteiger partial charge in [-0.25, -0.2) is 4.79 Å². The van der Waals surface area contributed by atoms with E-state index >= 15 is 0 Å². The number of nitrogens with zero attached hydrogens (tertiary/aromatic N) is 2. The predicted molar refractivity (Wildman–Crippen MR) is 79.3 cm³/mol. The van der Waals surface area contributed by atoms with Crippen LogP contribution >= 0.6 is 15.9 Å². The molecule has 2 rings (SSSR count). The topological polar surface area (TPSA) is 26.9 Å². The van der Waals surface area contributed by atoms with Gasteiger partial charge in [0.15, 0.2) is 0 Å². The van der Waals surface area contributed by atoms with Crippen LogP contribution in [0, 0.1) is 5.41 Å². The van der Waals surface area contributed by atoms with E-state index in [1.54, 1.807) is 16.2 Å². The fourth-order valence-corrected chi connectivity index (χ4v) is 2.47. The first kappa shape index (κ1) is 13.4. The molecule has 1 aromatic carbocycles. The molecule has 1 aromatic heterocycles. The van der Waals surface area contributed by atoms with Gasteiger partial charge >= 0.3 is 5.69 Å². The Labute approximate surface area is 116 Å². The van der Waals surface area contributed by atoms with Crippen molar-refractivity contribution in [2.75, 3.05) is 0 Å². The standard InChI is InChI=1S/C14H19BrN2O/c1-14(2,3)12(15)9-6-7-10-11(8-9)17(5)13(18)16(10)4/h6-8,12H,1-5H3. The molecule has 0 fully saturated rings. The maximum atomic E-state index is 11.9. The molecule has 0 aliphatic rings. The number of fused-ring (bicyclic) bond motifs is 1. The van der Waals surface area contributed by atoms with Crippen molar-refractivity contribution in [1.29, 1.82) is 0 Å². The number of aryl methyl sites for hydroxylation is 2. The van der Waals surface area contributed by atoms with Crippen LogP contribution in [0.1, 0.15) is 31.2 Å². The summed E-state index contributed by atoms with van der Waals surface area (Å²) in [5.41, 5.74) is 3.32. The predicted octanol–water partition coefficient (Wildman–Crippen LogP) is 3.36. The number of rotatable bonds is 1. The molecule has 1 atom stereocenters. The highest BCUT2D eigenvalue weighted by Crippen LogP contribution is 2.40. The summed E-state index contributed by atoms with van der Waals surface area (Å²) in [5, 5.41) is 0. The molecule has 1 heterocycles. The zero-order valence-corrected chi connectivity index (χ0v) is 13.1. The van der Waals surface area contributed by atoms with E-state index in [4.69, 9.17) is 0 Å². The van der Waals surface area contributed by atoms with Gasteiger partial charge in [0.25, 0.3) is 0 Å². The van der Waals surface area contributed by atoms with Crippen LogP contribution < -0.4 is 5.69 Å². The lowest BCUT2D eigenvalue weighted by Crippen LogP contribution is -2.19. The van der Waals surface area contributed by atoms with Crippen molar-refractivity contribution >= 4 is 27.0 Å². The molecule has 0 bridgehead atoms. The second kappa shape index (κ2) is 4.26. The van der Waals surface area contributed by atoms with Gasteiger partial charge in [-0.1, -0.05) is 42.8 Å². The third-order valence-corrected chi connectivity index (χ3v) is 5.25. The summed E-state index contributed by atoms with van der Waals surface area (Å²) in [6, 6.07) is 6.21. The number of hydrogen-bond donors (Lipinski definition) is 0. The van der Waals surface area contributed by atoms with Crippen molar-refractivity contribution in [1.82, 2.24) is 9.13 Å². The Morgan fingerprint density at radius 1 is 1.11 bits per heavy atom. The second-order valence-electron chi connectivity index (χ2n) is 5.88. The number of hydrogen-bond acceptors (Lipinski definition) is 1. The lowest BCUT2D eigenvalue weighted by molar-refractivity contribution is 0.407. The minimum atomic E-state index is 0.0176. The molecule has 98 valence electrons. The molecule has 0 saturated carbocycles. The van der Waals surface area contributed by atoms with E-state index in [-0.39, 0.29) is 15.9 Å². The van der Waals surface area contributed by atoms with Crippen molar-refractivity contribution in [3.63, 3.8) is 0 Å². The van der Waals surface area contributed by atoms with E-state index in [1.807, 2.05) is 13.1 Å². The van der Waals surface area contributed by atoms with Crippen LogP contribution in [-0.2, 0) is 14.1 Å². The monoisotopic (exact) mass is 310 g/mol. The van der Waals surface area contributed by atoms with Crippen molar-refractivity contribution in [2.24, 2.45) is 19.5 Å². The van der Waals surface area contributed by atoms with Gasteiger partial charge in [0.2, 0.25) is 0 Å². The van der Waals surface area contributed by atoms with Gasteiger partial charge in [0, 0.05) is 18.9 Å². The van der Waals surface area contributed by atoms with Crippen molar-refractivity contribution in [3.8, 4) is 0 Å². The lowest BCUT2D eigenvalue weighted by atomic mass is 9.88. The van der Waals surface area contributed by atoms with Gasteiger partial charge in [0.05, 0.1) is 11.0 Å². The molecule has 0 amide bonds. The fourth-order valence-electron chi connectivity index (χ4n) is 2.18. The first-order chi connectivity index (χ1) is 8.23. The van der Waals surface area contributed by atoms with Crippen LogP contribution in [0.5, 0.6) is 0 Å². The van der Waals surface area contributed by atoms with E-state index in [0.717, 1.165) is 11.0 Å². The molecule has 18 heavy (non-hydrogen) atoms. The average Bonchev–Trinajstić information content (AvgIpc) is 2.52. The molecule has 0 aliphatic heterocycles. The van der Waals surface area contributed by atoms with Crippen molar-refractivity contribution < 1.29 is 0 Å². The third-order valence-electron chi connectivity index (χ3n) is 3.35. The van der Waals surface area contributed by atoms with E-state index < -0.39 is 0 Å². The smallest absolute Gasteiger partial charge is 0.295 e. The largest absolute Gasteiger partial charge is 0.328 e. The summed E-state index contributed by atoms with van der Waals surface area (Å²) in [6.07, 6.45) is 0. The van der Waals surface area contributed by atoms with Gasteiger partial charge in [-0.15, -0.1) is 0 Å². The zero-order valence-electron chi connectivity index (χ0n) is 11.5. The summed E-state index contributed by atoms with van der Waals surface area (Å²) < 4.78 is 3.38. The second-order valence-corrected chi connectivity index (χ2v) is 6.79. The van der Waals surface area contributed by atoms with E-state index in [2.05, 4.69) is 48.8 Å². The molecule has 0 N–H and O–H groups in total. The van der Waals surface area contributed by atoms with Crippen LogP contribution in [0.15, 0.2) is 23.0 Å². The summed E-state index contributed by atoms with van der Waals surface area (Å²) in [6.45, 7) is 6.59. The van der Waals surface area contributed by atoms with E-state index in [0.29, 0.717) is 0 Å². The normalized spacial score (nSPS) is 14.1. The van der Waals surface area contributed by atoms with Gasteiger partial charge in [-0.3, -0.25) is 9.13 Å². The quantitative estimate of drug-likeness (QED) is 0.742. The number of benzene rings is 1. The molecule has 0 saturated heterocycles. The van der Waals surface area contributed by atoms with Gasteiger partial charge in [0.1, 0.15) is 0 Å². The number of alkyl halides is 1. The minimum absolute atomic E-state index is 0.0176. The highest BCUT2D eigenvalue weighted by atomic mass is 79.9. The molecule has 3 nitrogen and oxygen atoms in total. The van der Waals surface area contributed by atoms with Crippen LogP contribution in [-0.4, -0.2) is 9.13 Å². The van der Waals surface area contributed by atoms with E-state index in [1.165, 1.54) is 5.56 Å². The Morgan fingerprint density at radius 2 is 1.67 bits per heavy atom. The van der Waals surface area contributed by atoms with Crippen molar-refractivity contribution in [3.05, 3.63) is 34.2 Å². The first-order valence-corrected chi connectivity index (χ1v) is 6.94. The Hall–Kier alpha value is -1.03. The van der Waals surface area contributed by atoms with Crippen LogP contribution in [0.2, 0.25) is 0 Å². The summed E-state index contributed by atoms with van der Waals surface area (Å²) in [7, 11) is 3.62. The van der Waals surface area contributed by atoms with Crippen molar-refractivity contribution in [2.45, 2.75) is 25.6 Å². The van der Waals surface area contributed by atoms with Gasteiger partial charge < -0.3 is 0 Å². The van der Waals surface area contributed by atoms with Gasteiger partial charge in [-0.2, -0.15) is 0 Å². The SMILES string of the molecule is Cn1c(=O)n(C)c2cc(C(Br)C(C)(C)C)ccc21. The lowest BCUT2D eigenvalue weighted by Gasteiger charge is -2.26. The molecule has 4 heteroatoms. The molecule has 0 aliphatic carbocycles. The molecular weight excluding hydrogens is 292 g/mol. The van der Waals surface area contributed by atoms with Crippen LogP contribution in [0.25, 0.3) is 11.0 Å². The maximum Gasteiger partial charge on any atom is 0.328 e. The molecule has 1 unspecified atom stereocenters. The molecule has 2 aromatic rings. The summed E-state index contributed by atoms with van der Waals surface area (Å²) in [5.74, 6) is 0. The number of imidazole rings is 1. The number of aromatic nitrogens is 2. The van der Waals surface area contributed by atoms with Gasteiger partial charge in [-0.05, 0) is 23.1 Å². The Balaban J connectivity index is 2.65.